The van der Waals surface area contributed by atoms with Crippen molar-refractivity contribution in [3.05, 3.63) is 21.9 Å². The van der Waals surface area contributed by atoms with Gasteiger partial charge in [0.1, 0.15) is 0 Å². The molecule has 0 N–H and O–H groups in total. The highest BCUT2D eigenvalue weighted by molar-refractivity contribution is 7.88. The molecule has 7 heteroatoms. The van der Waals surface area contributed by atoms with Crippen LogP contribution in [0.4, 0.5) is 0 Å². The maximum atomic E-state index is 12.3. The number of hydrogen-bond acceptors (Lipinski definition) is 4. The second kappa shape index (κ2) is 5.60. The maximum Gasteiger partial charge on any atom is 0.264 e. The van der Waals surface area contributed by atoms with Gasteiger partial charge in [0.05, 0.1) is 11.1 Å². The van der Waals surface area contributed by atoms with E-state index < -0.39 is 10.0 Å². The molecular weight excluding hydrogens is 284 g/mol. The Kier molecular flexibility index (Phi) is 4.27. The van der Waals surface area contributed by atoms with Gasteiger partial charge < -0.3 is 4.90 Å². The molecule has 2 heterocycles. The van der Waals surface area contributed by atoms with Crippen molar-refractivity contribution in [1.82, 2.24) is 9.21 Å². The van der Waals surface area contributed by atoms with Gasteiger partial charge in [0.25, 0.3) is 5.91 Å². The van der Waals surface area contributed by atoms with Gasteiger partial charge in [0, 0.05) is 31.1 Å². The molecule has 5 nitrogen and oxygen atoms in total. The van der Waals surface area contributed by atoms with Crippen molar-refractivity contribution < 1.29 is 13.2 Å². The van der Waals surface area contributed by atoms with Gasteiger partial charge >= 0.3 is 0 Å². The van der Waals surface area contributed by atoms with Crippen LogP contribution in [0.1, 0.15) is 21.5 Å². The van der Waals surface area contributed by atoms with E-state index in [1.807, 2.05) is 12.1 Å². The first-order valence-corrected chi connectivity index (χ1v) is 8.91. The van der Waals surface area contributed by atoms with Crippen molar-refractivity contribution in [2.45, 2.75) is 13.3 Å². The van der Waals surface area contributed by atoms with Gasteiger partial charge in [0.15, 0.2) is 0 Å². The predicted octanol–water partition coefficient (Wildman–Crippen LogP) is 1.03. The van der Waals surface area contributed by atoms with Gasteiger partial charge in [-0.25, -0.2) is 8.42 Å². The SMILES string of the molecule is CCc1ccc(C(=O)N2CCN(S(C)(=O)=O)CC2)s1. The van der Waals surface area contributed by atoms with Crippen LogP contribution in [-0.4, -0.2) is 56.0 Å². The molecule has 1 aliphatic heterocycles. The normalized spacial score (nSPS) is 17.7. The molecule has 0 atom stereocenters. The fraction of sp³-hybridized carbons (Fsp3) is 0.583. The molecule has 1 aromatic heterocycles. The Morgan fingerprint density at radius 1 is 1.26 bits per heavy atom. The third-order valence-electron chi connectivity index (χ3n) is 3.22. The van der Waals surface area contributed by atoms with E-state index in [-0.39, 0.29) is 5.91 Å². The highest BCUT2D eigenvalue weighted by Crippen LogP contribution is 2.19. The molecule has 0 spiro atoms. The number of aryl methyl sites for hydroxylation is 1. The van der Waals surface area contributed by atoms with Crippen molar-refractivity contribution in [3.8, 4) is 0 Å². The molecular formula is C12H18N2O3S2. The van der Waals surface area contributed by atoms with Crippen LogP contribution in [0.5, 0.6) is 0 Å². The van der Waals surface area contributed by atoms with Gasteiger partial charge in [-0.3, -0.25) is 4.79 Å². The lowest BCUT2D eigenvalue weighted by Gasteiger charge is -2.32. The minimum atomic E-state index is -3.14. The van der Waals surface area contributed by atoms with Gasteiger partial charge in [-0.15, -0.1) is 11.3 Å². The Morgan fingerprint density at radius 2 is 1.89 bits per heavy atom. The summed E-state index contributed by atoms with van der Waals surface area (Å²) in [6.45, 7) is 3.76. The highest BCUT2D eigenvalue weighted by atomic mass is 32.2. The minimum absolute atomic E-state index is 0.0119. The second-order valence-electron chi connectivity index (χ2n) is 4.57. The number of amides is 1. The van der Waals surface area contributed by atoms with E-state index in [0.717, 1.165) is 11.3 Å². The Bertz CT molecular complexity index is 557. The number of rotatable bonds is 3. The van der Waals surface area contributed by atoms with Crippen molar-refractivity contribution in [1.29, 1.82) is 0 Å². The summed E-state index contributed by atoms with van der Waals surface area (Å²) >= 11 is 1.52. The first-order chi connectivity index (χ1) is 8.91. The lowest BCUT2D eigenvalue weighted by Crippen LogP contribution is -2.50. The molecule has 1 aliphatic rings. The van der Waals surface area contributed by atoms with Crippen LogP contribution >= 0.6 is 11.3 Å². The number of carbonyl (C=O) groups excluding carboxylic acids is 1. The predicted molar refractivity (Wildman–Crippen MR) is 76.0 cm³/mol. The monoisotopic (exact) mass is 302 g/mol. The Morgan fingerprint density at radius 3 is 2.37 bits per heavy atom. The average Bonchev–Trinajstić information content (AvgIpc) is 2.86. The fourth-order valence-electron chi connectivity index (χ4n) is 2.06. The summed E-state index contributed by atoms with van der Waals surface area (Å²) in [6, 6.07) is 3.83. The number of nitrogens with zero attached hydrogens (tertiary/aromatic N) is 2. The molecule has 1 fully saturated rings. The number of thiophene rings is 1. The second-order valence-corrected chi connectivity index (χ2v) is 7.72. The number of carbonyl (C=O) groups is 1. The highest BCUT2D eigenvalue weighted by Gasteiger charge is 2.27. The minimum Gasteiger partial charge on any atom is -0.335 e. The summed E-state index contributed by atoms with van der Waals surface area (Å²) in [4.78, 5) is 15.9. The largest absolute Gasteiger partial charge is 0.335 e. The third-order valence-corrected chi connectivity index (χ3v) is 5.74. The first kappa shape index (κ1) is 14.5. The first-order valence-electron chi connectivity index (χ1n) is 6.25. The molecule has 0 radical (unpaired) electrons. The smallest absolute Gasteiger partial charge is 0.264 e. The number of sulfonamides is 1. The van der Waals surface area contributed by atoms with E-state index in [0.29, 0.717) is 26.2 Å². The fourth-order valence-corrected chi connectivity index (χ4v) is 3.80. The number of piperazine rings is 1. The van der Waals surface area contributed by atoms with Gasteiger partial charge in [-0.2, -0.15) is 4.31 Å². The van der Waals surface area contributed by atoms with Crippen LogP contribution < -0.4 is 0 Å². The maximum absolute atomic E-state index is 12.3. The lowest BCUT2D eigenvalue weighted by atomic mass is 10.3. The molecule has 0 bridgehead atoms. The summed E-state index contributed by atoms with van der Waals surface area (Å²) in [5.41, 5.74) is 0. The van der Waals surface area contributed by atoms with Crippen LogP contribution in [0.3, 0.4) is 0 Å². The van der Waals surface area contributed by atoms with Gasteiger partial charge in [-0.05, 0) is 18.6 Å². The van der Waals surface area contributed by atoms with Crippen molar-refractivity contribution in [2.24, 2.45) is 0 Å². The van der Waals surface area contributed by atoms with E-state index in [2.05, 4.69) is 6.92 Å². The molecule has 1 saturated heterocycles. The summed E-state index contributed by atoms with van der Waals surface area (Å²) in [6.07, 6.45) is 2.14. The third kappa shape index (κ3) is 3.34. The van der Waals surface area contributed by atoms with Gasteiger partial charge in [-0.1, -0.05) is 6.92 Å². The summed E-state index contributed by atoms with van der Waals surface area (Å²) in [5.74, 6) is 0.0119. The molecule has 0 aromatic carbocycles. The molecule has 2 rings (SSSR count). The van der Waals surface area contributed by atoms with E-state index in [1.54, 1.807) is 4.90 Å². The lowest BCUT2D eigenvalue weighted by molar-refractivity contribution is 0.0703. The van der Waals surface area contributed by atoms with E-state index in [1.165, 1.54) is 26.8 Å². The van der Waals surface area contributed by atoms with Crippen molar-refractivity contribution in [3.63, 3.8) is 0 Å². The van der Waals surface area contributed by atoms with Crippen LogP contribution in [0.2, 0.25) is 0 Å². The quantitative estimate of drug-likeness (QED) is 0.838. The topological polar surface area (TPSA) is 57.7 Å². The Labute approximate surface area is 117 Å². The molecule has 0 aliphatic carbocycles. The average molecular weight is 302 g/mol. The van der Waals surface area contributed by atoms with Gasteiger partial charge in [0.2, 0.25) is 10.0 Å². The molecule has 1 aromatic rings. The summed E-state index contributed by atoms with van der Waals surface area (Å²) in [5, 5.41) is 0. The van der Waals surface area contributed by atoms with Crippen LogP contribution in [0.15, 0.2) is 12.1 Å². The van der Waals surface area contributed by atoms with E-state index >= 15 is 0 Å². The zero-order valence-electron chi connectivity index (χ0n) is 11.1. The number of hydrogen-bond donors (Lipinski definition) is 0. The van der Waals surface area contributed by atoms with Crippen LogP contribution in [0.25, 0.3) is 0 Å². The Balaban J connectivity index is 1.99. The molecule has 1 amide bonds. The van der Waals surface area contributed by atoms with Crippen LogP contribution in [-0.2, 0) is 16.4 Å². The van der Waals surface area contributed by atoms with E-state index in [4.69, 9.17) is 0 Å². The molecule has 0 unspecified atom stereocenters. The molecule has 106 valence electrons. The summed E-state index contributed by atoms with van der Waals surface area (Å²) in [7, 11) is -3.14. The van der Waals surface area contributed by atoms with Crippen molar-refractivity contribution in [2.75, 3.05) is 32.4 Å². The Hall–Kier alpha value is -0.920. The summed E-state index contributed by atoms with van der Waals surface area (Å²) < 4.78 is 24.2. The molecule has 0 saturated carbocycles. The molecule has 19 heavy (non-hydrogen) atoms. The van der Waals surface area contributed by atoms with Crippen molar-refractivity contribution >= 4 is 27.3 Å². The van der Waals surface area contributed by atoms with Crippen LogP contribution in [0, 0.1) is 0 Å². The zero-order chi connectivity index (χ0) is 14.0. The standard InChI is InChI=1S/C12H18N2O3S2/c1-3-10-4-5-11(18-10)12(15)13-6-8-14(9-7-13)19(2,16)17/h4-5H,3,6-9H2,1-2H3. The van der Waals surface area contributed by atoms with E-state index in [9.17, 15) is 13.2 Å². The zero-order valence-corrected chi connectivity index (χ0v) is 12.8.